The normalized spacial score (nSPS) is 11.9. The molecule has 0 heterocycles. The Kier molecular flexibility index (Phi) is 3.84. The lowest BCUT2D eigenvalue weighted by Crippen LogP contribution is -2.32. The van der Waals surface area contributed by atoms with Gasteiger partial charge in [-0.25, -0.2) is 0 Å². The van der Waals surface area contributed by atoms with E-state index in [0.29, 0.717) is 4.99 Å². The van der Waals surface area contributed by atoms with E-state index in [-0.39, 0.29) is 0 Å². The second kappa shape index (κ2) is 4.94. The zero-order chi connectivity index (χ0) is 12.3. The third kappa shape index (κ3) is 2.93. The molecule has 0 fully saturated rings. The summed E-state index contributed by atoms with van der Waals surface area (Å²) < 4.78 is 0. The van der Waals surface area contributed by atoms with Crippen molar-refractivity contribution >= 4 is 28.8 Å². The van der Waals surface area contributed by atoms with E-state index < -0.39 is 11.9 Å². The summed E-state index contributed by atoms with van der Waals surface area (Å²) in [6, 6.07) is 5.12. The highest BCUT2D eigenvalue weighted by atomic mass is 32.1. The molecule has 1 amide bonds. The maximum Gasteiger partial charge on any atom is 0.239 e. The van der Waals surface area contributed by atoms with Gasteiger partial charge in [0.25, 0.3) is 0 Å². The fourth-order valence-electron chi connectivity index (χ4n) is 1.35. The van der Waals surface area contributed by atoms with Gasteiger partial charge >= 0.3 is 0 Å². The van der Waals surface area contributed by atoms with Crippen LogP contribution in [0, 0.1) is 6.92 Å². The molecule has 0 aromatic heterocycles. The van der Waals surface area contributed by atoms with E-state index in [1.165, 1.54) is 0 Å². The van der Waals surface area contributed by atoms with Crippen molar-refractivity contribution in [3.05, 3.63) is 29.3 Å². The molecule has 0 aliphatic carbocycles. The minimum absolute atomic E-state index is 0.368. The van der Waals surface area contributed by atoms with Gasteiger partial charge in [-0.3, -0.25) is 4.79 Å². The summed E-state index contributed by atoms with van der Waals surface area (Å²) >= 11 is 4.91. The average Bonchev–Trinajstić information content (AvgIpc) is 2.16. The van der Waals surface area contributed by atoms with Gasteiger partial charge in [0.15, 0.2) is 0 Å². The van der Waals surface area contributed by atoms with Crippen LogP contribution in [0.1, 0.15) is 18.1 Å². The molecule has 0 aliphatic rings. The maximum absolute atomic E-state index is 10.9. The van der Waals surface area contributed by atoms with E-state index >= 15 is 0 Å². The van der Waals surface area contributed by atoms with E-state index in [1.807, 2.05) is 25.1 Å². The van der Waals surface area contributed by atoms with Crippen LogP contribution in [0.4, 0.5) is 5.69 Å². The van der Waals surface area contributed by atoms with E-state index in [9.17, 15) is 4.79 Å². The highest BCUT2D eigenvalue weighted by molar-refractivity contribution is 7.80. The van der Waals surface area contributed by atoms with Crippen molar-refractivity contribution in [3.63, 3.8) is 0 Å². The van der Waals surface area contributed by atoms with Gasteiger partial charge in [0.05, 0.1) is 0 Å². The summed E-state index contributed by atoms with van der Waals surface area (Å²) in [6.45, 7) is 3.62. The Morgan fingerprint density at radius 1 is 1.44 bits per heavy atom. The summed E-state index contributed by atoms with van der Waals surface area (Å²) in [6.07, 6.45) is 0. The number of primary amides is 1. The standard InChI is InChI=1S/C11H15N3OS/c1-6-5-8(14-7(2)10(12)15)3-4-9(6)11(13)16/h3-5,7,14H,1-2H3,(H2,12,15)(H2,13,16). The number of benzene rings is 1. The number of hydrogen-bond donors (Lipinski definition) is 3. The summed E-state index contributed by atoms with van der Waals surface area (Å²) in [7, 11) is 0. The van der Waals surface area contributed by atoms with E-state index in [2.05, 4.69) is 5.32 Å². The summed E-state index contributed by atoms with van der Waals surface area (Å²) in [5.41, 5.74) is 13.3. The number of carbonyl (C=O) groups is 1. The van der Waals surface area contributed by atoms with Crippen molar-refractivity contribution in [3.8, 4) is 0 Å². The van der Waals surface area contributed by atoms with Gasteiger partial charge in [0, 0.05) is 11.3 Å². The Bertz CT molecular complexity index is 431. The Morgan fingerprint density at radius 3 is 2.50 bits per heavy atom. The first-order valence-corrected chi connectivity index (χ1v) is 5.29. The minimum atomic E-state index is -0.407. The first kappa shape index (κ1) is 12.4. The Morgan fingerprint density at radius 2 is 2.06 bits per heavy atom. The third-order valence-corrected chi connectivity index (χ3v) is 2.52. The number of rotatable bonds is 4. The summed E-state index contributed by atoms with van der Waals surface area (Å²) in [4.78, 5) is 11.3. The first-order chi connectivity index (χ1) is 7.41. The molecule has 5 heteroatoms. The van der Waals surface area contributed by atoms with Gasteiger partial charge in [-0.1, -0.05) is 12.2 Å². The zero-order valence-electron chi connectivity index (χ0n) is 9.28. The van der Waals surface area contributed by atoms with Gasteiger partial charge in [0.2, 0.25) is 5.91 Å². The number of nitrogens with one attached hydrogen (secondary N) is 1. The van der Waals surface area contributed by atoms with Gasteiger partial charge in [-0.05, 0) is 37.6 Å². The molecule has 0 saturated heterocycles. The van der Waals surface area contributed by atoms with Crippen LogP contribution in [0.5, 0.6) is 0 Å². The van der Waals surface area contributed by atoms with Crippen LogP contribution in [-0.4, -0.2) is 16.9 Å². The van der Waals surface area contributed by atoms with Gasteiger partial charge in [0.1, 0.15) is 11.0 Å². The molecule has 1 aromatic rings. The molecule has 0 spiro atoms. The largest absolute Gasteiger partial charge is 0.389 e. The number of carbonyl (C=O) groups excluding carboxylic acids is 1. The van der Waals surface area contributed by atoms with Crippen molar-refractivity contribution < 1.29 is 4.79 Å². The molecule has 1 atom stereocenters. The lowest BCUT2D eigenvalue weighted by atomic mass is 10.1. The quantitative estimate of drug-likeness (QED) is 0.680. The lowest BCUT2D eigenvalue weighted by molar-refractivity contribution is -0.118. The van der Waals surface area contributed by atoms with E-state index in [0.717, 1.165) is 16.8 Å². The lowest BCUT2D eigenvalue weighted by Gasteiger charge is -2.13. The van der Waals surface area contributed by atoms with Crippen molar-refractivity contribution in [2.75, 3.05) is 5.32 Å². The van der Waals surface area contributed by atoms with E-state index in [4.69, 9.17) is 23.7 Å². The van der Waals surface area contributed by atoms with Crippen molar-refractivity contribution in [2.24, 2.45) is 11.5 Å². The predicted molar refractivity (Wildman–Crippen MR) is 69.3 cm³/mol. The molecule has 0 bridgehead atoms. The van der Waals surface area contributed by atoms with E-state index in [1.54, 1.807) is 6.92 Å². The predicted octanol–water partition coefficient (Wildman–Crippen LogP) is 0.915. The van der Waals surface area contributed by atoms with Crippen LogP contribution in [0.3, 0.4) is 0 Å². The van der Waals surface area contributed by atoms with Gasteiger partial charge in [-0.15, -0.1) is 0 Å². The molecule has 1 aromatic carbocycles. The molecule has 1 unspecified atom stereocenters. The number of amides is 1. The van der Waals surface area contributed by atoms with Crippen molar-refractivity contribution in [1.29, 1.82) is 0 Å². The number of hydrogen-bond acceptors (Lipinski definition) is 3. The Hall–Kier alpha value is -1.62. The van der Waals surface area contributed by atoms with Crippen LogP contribution in [0.2, 0.25) is 0 Å². The van der Waals surface area contributed by atoms with Crippen molar-refractivity contribution in [1.82, 2.24) is 0 Å². The molecule has 1 rings (SSSR count). The smallest absolute Gasteiger partial charge is 0.239 e. The van der Waals surface area contributed by atoms with Crippen LogP contribution >= 0.6 is 12.2 Å². The molecule has 0 radical (unpaired) electrons. The number of aryl methyl sites for hydroxylation is 1. The SMILES string of the molecule is Cc1cc(NC(C)C(N)=O)ccc1C(N)=S. The number of anilines is 1. The molecule has 5 N–H and O–H groups in total. The second-order valence-corrected chi connectivity index (χ2v) is 4.10. The minimum Gasteiger partial charge on any atom is -0.389 e. The fraction of sp³-hybridized carbons (Fsp3) is 0.273. The Balaban J connectivity index is 2.89. The zero-order valence-corrected chi connectivity index (χ0v) is 10.1. The van der Waals surface area contributed by atoms with Crippen LogP contribution < -0.4 is 16.8 Å². The molecule has 4 nitrogen and oxygen atoms in total. The van der Waals surface area contributed by atoms with Crippen molar-refractivity contribution in [2.45, 2.75) is 19.9 Å². The number of nitrogens with two attached hydrogens (primary N) is 2. The monoisotopic (exact) mass is 237 g/mol. The molecule has 0 aliphatic heterocycles. The Labute approximate surface area is 100 Å². The van der Waals surface area contributed by atoms with Crippen LogP contribution in [0.25, 0.3) is 0 Å². The topological polar surface area (TPSA) is 81.1 Å². The summed E-state index contributed by atoms with van der Waals surface area (Å²) in [5.74, 6) is -0.393. The summed E-state index contributed by atoms with van der Waals surface area (Å²) in [5, 5.41) is 2.99. The molecule has 16 heavy (non-hydrogen) atoms. The average molecular weight is 237 g/mol. The highest BCUT2D eigenvalue weighted by Crippen LogP contribution is 2.15. The first-order valence-electron chi connectivity index (χ1n) is 4.88. The van der Waals surface area contributed by atoms with Gasteiger partial charge in [-0.2, -0.15) is 0 Å². The van der Waals surface area contributed by atoms with Gasteiger partial charge < -0.3 is 16.8 Å². The third-order valence-electron chi connectivity index (χ3n) is 2.30. The van der Waals surface area contributed by atoms with Crippen LogP contribution in [0.15, 0.2) is 18.2 Å². The molecule has 86 valence electrons. The molecule has 0 saturated carbocycles. The second-order valence-electron chi connectivity index (χ2n) is 3.66. The molecular weight excluding hydrogens is 222 g/mol. The fourth-order valence-corrected chi connectivity index (χ4v) is 1.58. The highest BCUT2D eigenvalue weighted by Gasteiger charge is 2.09. The van der Waals surface area contributed by atoms with Crippen LogP contribution in [-0.2, 0) is 4.79 Å². The maximum atomic E-state index is 10.9. The molecular formula is C11H15N3OS. The number of thiocarbonyl (C=S) groups is 1.